The molecule has 0 saturated heterocycles. The van der Waals surface area contributed by atoms with Crippen LogP contribution in [0.25, 0.3) is 10.8 Å². The lowest BCUT2D eigenvalue weighted by molar-refractivity contribution is 0.168. The molecule has 0 aliphatic heterocycles. The number of hydrogen-bond acceptors (Lipinski definition) is 2. The van der Waals surface area contributed by atoms with Crippen molar-refractivity contribution >= 4 is 17.2 Å². The highest BCUT2D eigenvalue weighted by atomic mass is 16.5. The zero-order chi connectivity index (χ0) is 12.8. The first-order valence-corrected chi connectivity index (χ1v) is 6.37. The van der Waals surface area contributed by atoms with E-state index in [4.69, 9.17) is 4.74 Å². The second-order valence-corrected chi connectivity index (χ2v) is 4.40. The number of rotatable bonds is 6. The van der Waals surface area contributed by atoms with E-state index in [2.05, 4.69) is 25.1 Å². The van der Waals surface area contributed by atoms with Gasteiger partial charge in [0.15, 0.2) is 0 Å². The van der Waals surface area contributed by atoms with E-state index in [0.717, 1.165) is 30.2 Å². The quantitative estimate of drug-likeness (QED) is 0.759. The van der Waals surface area contributed by atoms with Gasteiger partial charge in [0.2, 0.25) is 0 Å². The Hall–Kier alpha value is -1.83. The fraction of sp³-hybridized carbons (Fsp3) is 0.312. The van der Waals surface area contributed by atoms with Crippen molar-refractivity contribution in [2.45, 2.75) is 32.3 Å². The maximum Gasteiger partial charge on any atom is 0.418 e. The Labute approximate surface area is 108 Å². The topological polar surface area (TPSA) is 26.3 Å². The van der Waals surface area contributed by atoms with Gasteiger partial charge < -0.3 is 4.74 Å². The highest BCUT2D eigenvalue weighted by molar-refractivity contribution is 5.86. The van der Waals surface area contributed by atoms with Crippen LogP contribution in [0.5, 0.6) is 0 Å². The number of benzene rings is 2. The molecule has 0 fully saturated rings. The third-order valence-electron chi connectivity index (χ3n) is 3.18. The van der Waals surface area contributed by atoms with Crippen molar-refractivity contribution in [2.75, 3.05) is 0 Å². The van der Waals surface area contributed by atoms with E-state index in [9.17, 15) is 4.79 Å². The molecule has 1 atom stereocenters. The van der Waals surface area contributed by atoms with Crippen LogP contribution in [-0.2, 0) is 9.53 Å². The predicted octanol–water partition coefficient (Wildman–Crippen LogP) is 4.15. The molecule has 1 radical (unpaired) electrons. The van der Waals surface area contributed by atoms with Crippen molar-refractivity contribution in [3.63, 3.8) is 0 Å². The molecule has 93 valence electrons. The maximum atomic E-state index is 10.5. The third kappa shape index (κ3) is 2.70. The van der Waals surface area contributed by atoms with Crippen molar-refractivity contribution in [3.05, 3.63) is 48.0 Å². The maximum absolute atomic E-state index is 10.5. The first kappa shape index (κ1) is 12.6. The minimum absolute atomic E-state index is 0.187. The molecule has 0 aliphatic rings. The second-order valence-electron chi connectivity index (χ2n) is 4.40. The van der Waals surface area contributed by atoms with Crippen LogP contribution in [-0.4, -0.2) is 6.47 Å². The van der Waals surface area contributed by atoms with Crippen molar-refractivity contribution in [2.24, 2.45) is 0 Å². The van der Waals surface area contributed by atoms with Gasteiger partial charge in [0, 0.05) is 5.56 Å². The molecular formula is C16H17O2. The molecule has 2 aromatic rings. The number of fused-ring (bicyclic) bond motifs is 1. The fourth-order valence-electron chi connectivity index (χ4n) is 2.26. The number of ether oxygens (including phenoxy) is 1. The lowest BCUT2D eigenvalue weighted by Crippen LogP contribution is -2.04. The van der Waals surface area contributed by atoms with Gasteiger partial charge in [-0.2, -0.15) is 0 Å². The summed E-state index contributed by atoms with van der Waals surface area (Å²) in [6.45, 7) is 3.72. The van der Waals surface area contributed by atoms with Gasteiger partial charge in [-0.05, 0) is 23.6 Å². The fourth-order valence-corrected chi connectivity index (χ4v) is 2.26. The summed E-state index contributed by atoms with van der Waals surface area (Å²) < 4.78 is 5.13. The van der Waals surface area contributed by atoms with E-state index in [1.807, 2.05) is 24.3 Å². The molecule has 0 aliphatic carbocycles. The summed E-state index contributed by atoms with van der Waals surface area (Å²) in [6, 6.07) is 14.3. The van der Waals surface area contributed by atoms with E-state index >= 15 is 0 Å². The van der Waals surface area contributed by atoms with E-state index in [-0.39, 0.29) is 6.10 Å². The lowest BCUT2D eigenvalue weighted by Gasteiger charge is -2.16. The molecule has 0 bridgehead atoms. The average molecular weight is 241 g/mol. The minimum Gasteiger partial charge on any atom is -0.449 e. The van der Waals surface area contributed by atoms with Crippen molar-refractivity contribution < 1.29 is 9.53 Å². The lowest BCUT2D eigenvalue weighted by atomic mass is 9.97. The van der Waals surface area contributed by atoms with Crippen LogP contribution in [0.1, 0.15) is 37.9 Å². The van der Waals surface area contributed by atoms with E-state index < -0.39 is 0 Å². The Kier molecular flexibility index (Phi) is 4.35. The molecule has 2 nitrogen and oxygen atoms in total. The van der Waals surface area contributed by atoms with Crippen LogP contribution in [0.3, 0.4) is 0 Å². The van der Waals surface area contributed by atoms with Gasteiger partial charge in [-0.3, -0.25) is 0 Å². The zero-order valence-electron chi connectivity index (χ0n) is 10.6. The molecule has 0 saturated carbocycles. The highest BCUT2D eigenvalue weighted by Crippen LogP contribution is 2.29. The minimum atomic E-state index is -0.187. The first-order chi connectivity index (χ1) is 8.86. The van der Waals surface area contributed by atoms with Gasteiger partial charge in [0.1, 0.15) is 6.10 Å². The van der Waals surface area contributed by atoms with Gasteiger partial charge in [-0.15, -0.1) is 0 Å². The molecule has 0 N–H and O–H groups in total. The molecule has 2 heteroatoms. The zero-order valence-corrected chi connectivity index (χ0v) is 10.6. The molecular weight excluding hydrogens is 224 g/mol. The molecule has 0 heterocycles. The van der Waals surface area contributed by atoms with Crippen molar-refractivity contribution in [1.82, 2.24) is 0 Å². The Balaban J connectivity index is 2.39. The van der Waals surface area contributed by atoms with Gasteiger partial charge in [-0.25, -0.2) is 4.79 Å². The third-order valence-corrected chi connectivity index (χ3v) is 3.18. The number of unbranched alkanes of at least 4 members (excludes halogenated alkanes) is 1. The predicted molar refractivity (Wildman–Crippen MR) is 73.0 cm³/mol. The Morgan fingerprint density at radius 3 is 2.72 bits per heavy atom. The first-order valence-electron chi connectivity index (χ1n) is 6.37. The monoisotopic (exact) mass is 241 g/mol. The Morgan fingerprint density at radius 1 is 1.17 bits per heavy atom. The van der Waals surface area contributed by atoms with Crippen LogP contribution in [0.15, 0.2) is 42.5 Å². The van der Waals surface area contributed by atoms with Crippen LogP contribution in [0, 0.1) is 0 Å². The van der Waals surface area contributed by atoms with Crippen molar-refractivity contribution in [1.29, 1.82) is 0 Å². The summed E-state index contributed by atoms with van der Waals surface area (Å²) >= 11 is 0. The van der Waals surface area contributed by atoms with E-state index in [1.165, 1.54) is 5.39 Å². The van der Waals surface area contributed by atoms with Gasteiger partial charge in [-0.1, -0.05) is 55.8 Å². The molecule has 18 heavy (non-hydrogen) atoms. The summed E-state index contributed by atoms with van der Waals surface area (Å²) in [5.74, 6) is 0. The van der Waals surface area contributed by atoms with Gasteiger partial charge in [0.05, 0.1) is 0 Å². The average Bonchev–Trinajstić information content (AvgIpc) is 2.43. The van der Waals surface area contributed by atoms with E-state index in [0.29, 0.717) is 0 Å². The number of carbonyl (C=O) groups excluding carboxylic acids is 1. The number of hydrogen-bond donors (Lipinski definition) is 0. The SMILES string of the molecule is CCCCC(O[C]=O)c1cccc2ccccc12. The molecule has 1 unspecified atom stereocenters. The standard InChI is InChI=1S/C16H17O2/c1-2-3-11-16(18-12-17)15-10-6-8-13-7-4-5-9-14(13)15/h4-10,16H,2-3,11H2,1H3. The molecule has 2 aromatic carbocycles. The Bertz CT molecular complexity index is 514. The molecule has 2 rings (SSSR count). The smallest absolute Gasteiger partial charge is 0.418 e. The summed E-state index contributed by atoms with van der Waals surface area (Å²) in [6.07, 6.45) is 2.78. The van der Waals surface area contributed by atoms with E-state index in [1.54, 1.807) is 6.47 Å². The van der Waals surface area contributed by atoms with Gasteiger partial charge >= 0.3 is 6.47 Å². The summed E-state index contributed by atoms with van der Waals surface area (Å²) in [4.78, 5) is 10.5. The van der Waals surface area contributed by atoms with Crippen LogP contribution in [0.2, 0.25) is 0 Å². The molecule has 0 spiro atoms. The van der Waals surface area contributed by atoms with Gasteiger partial charge in [0.25, 0.3) is 0 Å². The largest absolute Gasteiger partial charge is 0.449 e. The van der Waals surface area contributed by atoms with Crippen molar-refractivity contribution in [3.8, 4) is 0 Å². The summed E-state index contributed by atoms with van der Waals surface area (Å²) in [5.41, 5.74) is 1.07. The molecule has 0 amide bonds. The van der Waals surface area contributed by atoms with Crippen LogP contribution >= 0.6 is 0 Å². The summed E-state index contributed by atoms with van der Waals surface area (Å²) in [7, 11) is 0. The normalized spacial score (nSPS) is 12.3. The Morgan fingerprint density at radius 2 is 1.94 bits per heavy atom. The van der Waals surface area contributed by atoms with Crippen LogP contribution in [0.4, 0.5) is 0 Å². The molecule has 0 aromatic heterocycles. The second kappa shape index (κ2) is 6.20. The summed E-state index contributed by atoms with van der Waals surface area (Å²) in [5, 5.41) is 2.32. The highest BCUT2D eigenvalue weighted by Gasteiger charge is 2.14. The van der Waals surface area contributed by atoms with Crippen LogP contribution < -0.4 is 0 Å².